The van der Waals surface area contributed by atoms with Gasteiger partial charge < -0.3 is 14.8 Å². The van der Waals surface area contributed by atoms with Crippen LogP contribution in [-0.2, 0) is 9.53 Å². The molecule has 2 aromatic heterocycles. The zero-order chi connectivity index (χ0) is 23.4. The highest BCUT2D eigenvalue weighted by atomic mass is 79.9. The van der Waals surface area contributed by atoms with Crippen LogP contribution >= 0.6 is 15.9 Å². The Balaban J connectivity index is 1.60. The summed E-state index contributed by atoms with van der Waals surface area (Å²) in [6, 6.07) is 15.8. The third kappa shape index (κ3) is 5.20. The predicted octanol–water partition coefficient (Wildman–Crippen LogP) is 5.10. The molecule has 0 radical (unpaired) electrons. The van der Waals surface area contributed by atoms with Crippen molar-refractivity contribution in [3.63, 3.8) is 0 Å². The Morgan fingerprint density at radius 2 is 1.91 bits per heavy atom. The third-order valence-corrected chi connectivity index (χ3v) is 5.16. The van der Waals surface area contributed by atoms with Gasteiger partial charge in [0, 0.05) is 16.2 Å². The molecule has 0 aliphatic carbocycles. The Morgan fingerprint density at radius 3 is 2.64 bits per heavy atom. The number of nitrogens with one attached hydrogen (secondary N) is 1. The van der Waals surface area contributed by atoms with E-state index in [-0.39, 0.29) is 18.1 Å². The van der Waals surface area contributed by atoms with E-state index in [0.717, 1.165) is 16.1 Å². The molecule has 7 nitrogen and oxygen atoms in total. The van der Waals surface area contributed by atoms with Crippen molar-refractivity contribution in [3.05, 3.63) is 82.7 Å². The average molecular weight is 512 g/mol. The molecule has 0 saturated heterocycles. The van der Waals surface area contributed by atoms with Gasteiger partial charge in [-0.1, -0.05) is 6.07 Å². The maximum atomic E-state index is 13.4. The second-order valence-electron chi connectivity index (χ2n) is 6.97. The summed E-state index contributed by atoms with van der Waals surface area (Å²) in [5.41, 5.74) is 2.16. The zero-order valence-electron chi connectivity index (χ0n) is 17.5. The van der Waals surface area contributed by atoms with Crippen LogP contribution < -0.4 is 10.1 Å². The van der Waals surface area contributed by atoms with Crippen molar-refractivity contribution in [1.29, 1.82) is 0 Å². The Labute approximate surface area is 197 Å². The number of halogens is 2. The van der Waals surface area contributed by atoms with Gasteiger partial charge in [0.05, 0.1) is 12.2 Å². The molecule has 33 heavy (non-hydrogen) atoms. The zero-order valence-corrected chi connectivity index (χ0v) is 19.1. The van der Waals surface area contributed by atoms with Crippen LogP contribution in [0.1, 0.15) is 17.3 Å². The summed E-state index contributed by atoms with van der Waals surface area (Å²) in [5.74, 6) is -0.629. The van der Waals surface area contributed by atoms with Crippen molar-refractivity contribution in [2.75, 3.05) is 18.5 Å². The molecule has 2 aromatic carbocycles. The SMILES string of the molecule is CCOC(=O)CNc1c(-c2ccc(OC(=O)c3cccc(F)c3)cc2)nc2ccc(Br)cn12. The first kappa shape index (κ1) is 22.5. The Morgan fingerprint density at radius 1 is 1.12 bits per heavy atom. The quantitative estimate of drug-likeness (QED) is 0.274. The molecule has 1 N–H and O–H groups in total. The number of benzene rings is 2. The Hall–Kier alpha value is -3.72. The van der Waals surface area contributed by atoms with Crippen LogP contribution in [0.3, 0.4) is 0 Å². The monoisotopic (exact) mass is 511 g/mol. The molecule has 0 fully saturated rings. The number of imidazole rings is 1. The van der Waals surface area contributed by atoms with Gasteiger partial charge in [-0.2, -0.15) is 0 Å². The molecule has 168 valence electrons. The fraction of sp³-hybridized carbons (Fsp3) is 0.125. The van der Waals surface area contributed by atoms with Gasteiger partial charge in [0.2, 0.25) is 0 Å². The van der Waals surface area contributed by atoms with Gasteiger partial charge in [-0.25, -0.2) is 14.2 Å². The minimum Gasteiger partial charge on any atom is -0.465 e. The summed E-state index contributed by atoms with van der Waals surface area (Å²) >= 11 is 3.45. The highest BCUT2D eigenvalue weighted by Crippen LogP contribution is 2.31. The van der Waals surface area contributed by atoms with E-state index in [4.69, 9.17) is 9.47 Å². The normalized spacial score (nSPS) is 10.8. The van der Waals surface area contributed by atoms with E-state index in [1.807, 2.05) is 22.7 Å². The topological polar surface area (TPSA) is 81.9 Å². The molecule has 0 saturated carbocycles. The number of nitrogens with zero attached hydrogens (tertiary/aromatic N) is 2. The lowest BCUT2D eigenvalue weighted by Crippen LogP contribution is -2.17. The molecule has 0 unspecified atom stereocenters. The van der Waals surface area contributed by atoms with Gasteiger partial charge in [-0.15, -0.1) is 0 Å². The Bertz CT molecular complexity index is 1320. The maximum Gasteiger partial charge on any atom is 0.343 e. The smallest absolute Gasteiger partial charge is 0.343 e. The van der Waals surface area contributed by atoms with Gasteiger partial charge in [0.25, 0.3) is 0 Å². The van der Waals surface area contributed by atoms with Crippen LogP contribution in [0.5, 0.6) is 5.75 Å². The lowest BCUT2D eigenvalue weighted by atomic mass is 10.1. The van der Waals surface area contributed by atoms with Gasteiger partial charge in [-0.3, -0.25) is 9.20 Å². The van der Waals surface area contributed by atoms with Crippen LogP contribution in [0.25, 0.3) is 16.9 Å². The molecular formula is C24H19BrFN3O4. The van der Waals surface area contributed by atoms with Gasteiger partial charge in [0.1, 0.15) is 35.3 Å². The molecule has 0 atom stereocenters. The lowest BCUT2D eigenvalue weighted by molar-refractivity contribution is -0.140. The fourth-order valence-corrected chi connectivity index (χ4v) is 3.56. The van der Waals surface area contributed by atoms with E-state index in [0.29, 0.717) is 29.5 Å². The molecule has 0 aliphatic heterocycles. The third-order valence-electron chi connectivity index (χ3n) is 4.69. The number of carbonyl (C=O) groups is 2. The summed E-state index contributed by atoms with van der Waals surface area (Å²) in [6.07, 6.45) is 1.84. The summed E-state index contributed by atoms with van der Waals surface area (Å²) in [5, 5.41) is 3.10. The average Bonchev–Trinajstić information content (AvgIpc) is 3.16. The van der Waals surface area contributed by atoms with Crippen LogP contribution in [0.15, 0.2) is 71.3 Å². The highest BCUT2D eigenvalue weighted by molar-refractivity contribution is 9.10. The minimum atomic E-state index is -0.656. The van der Waals surface area contributed by atoms with Crippen molar-refractivity contribution in [2.45, 2.75) is 6.92 Å². The lowest BCUT2D eigenvalue weighted by Gasteiger charge is -2.09. The molecule has 0 amide bonds. The highest BCUT2D eigenvalue weighted by Gasteiger charge is 2.16. The first-order valence-corrected chi connectivity index (χ1v) is 10.9. The number of hydrogen-bond acceptors (Lipinski definition) is 6. The van der Waals surface area contributed by atoms with Crippen LogP contribution in [0.2, 0.25) is 0 Å². The molecular weight excluding hydrogens is 493 g/mol. The molecule has 4 aromatic rings. The summed E-state index contributed by atoms with van der Waals surface area (Å²) in [7, 11) is 0. The van der Waals surface area contributed by atoms with Crippen LogP contribution in [-0.4, -0.2) is 34.5 Å². The number of anilines is 1. The maximum absolute atomic E-state index is 13.4. The van der Waals surface area contributed by atoms with E-state index in [1.165, 1.54) is 18.2 Å². The number of pyridine rings is 1. The van der Waals surface area contributed by atoms with Crippen LogP contribution in [0.4, 0.5) is 10.2 Å². The number of esters is 2. The minimum absolute atomic E-state index is 0.0233. The standard InChI is InChI=1S/C24H19BrFN3O4/c1-2-32-21(30)13-27-23-22(28-20-11-8-17(25)14-29(20)23)15-6-9-19(10-7-15)33-24(31)16-4-3-5-18(26)12-16/h3-12,14,27H,2,13H2,1H3. The number of ether oxygens (including phenoxy) is 2. The molecule has 0 bridgehead atoms. The van der Waals surface area contributed by atoms with Gasteiger partial charge >= 0.3 is 11.9 Å². The largest absolute Gasteiger partial charge is 0.465 e. The number of rotatable bonds is 7. The molecule has 4 rings (SSSR count). The number of fused-ring (bicyclic) bond motifs is 1. The number of aromatic nitrogens is 2. The summed E-state index contributed by atoms with van der Waals surface area (Å²) in [4.78, 5) is 28.8. The summed E-state index contributed by atoms with van der Waals surface area (Å²) < 4.78 is 26.4. The number of hydrogen-bond donors (Lipinski definition) is 1. The second-order valence-corrected chi connectivity index (χ2v) is 7.88. The van der Waals surface area contributed by atoms with E-state index >= 15 is 0 Å². The number of carbonyl (C=O) groups excluding carboxylic acids is 2. The van der Waals surface area contributed by atoms with E-state index in [1.54, 1.807) is 31.2 Å². The Kier molecular flexibility index (Phi) is 6.69. The van der Waals surface area contributed by atoms with Crippen molar-refractivity contribution >= 4 is 39.3 Å². The summed E-state index contributed by atoms with van der Waals surface area (Å²) in [6.45, 7) is 2.02. The van der Waals surface area contributed by atoms with E-state index in [9.17, 15) is 14.0 Å². The van der Waals surface area contributed by atoms with Gasteiger partial charge in [-0.05, 0) is 77.5 Å². The van der Waals surface area contributed by atoms with Crippen LogP contribution in [0, 0.1) is 5.82 Å². The molecule has 0 aliphatic rings. The van der Waals surface area contributed by atoms with E-state index < -0.39 is 11.8 Å². The van der Waals surface area contributed by atoms with Gasteiger partial charge in [0.15, 0.2) is 0 Å². The molecule has 9 heteroatoms. The van der Waals surface area contributed by atoms with Crippen molar-refractivity contribution in [2.24, 2.45) is 0 Å². The fourth-order valence-electron chi connectivity index (χ4n) is 3.22. The molecule has 0 spiro atoms. The second kappa shape index (κ2) is 9.83. The first-order chi connectivity index (χ1) is 15.9. The van der Waals surface area contributed by atoms with Crippen molar-refractivity contribution < 1.29 is 23.5 Å². The van der Waals surface area contributed by atoms with Crippen molar-refractivity contribution in [3.8, 4) is 17.0 Å². The first-order valence-electron chi connectivity index (χ1n) is 10.1. The van der Waals surface area contributed by atoms with E-state index in [2.05, 4.69) is 26.2 Å². The van der Waals surface area contributed by atoms with Crippen molar-refractivity contribution in [1.82, 2.24) is 9.38 Å². The predicted molar refractivity (Wildman–Crippen MR) is 125 cm³/mol. The molecule has 2 heterocycles.